The van der Waals surface area contributed by atoms with Crippen LogP contribution in [0.1, 0.15) is 0 Å². The molecule has 19 heavy (non-hydrogen) atoms. The molecule has 0 atom stereocenters. The van der Waals surface area contributed by atoms with Gasteiger partial charge in [-0.1, -0.05) is 25.3 Å². The first-order chi connectivity index (χ1) is 9.24. The Kier molecular flexibility index (Phi) is 4.03. The van der Waals surface area contributed by atoms with Crippen molar-refractivity contribution >= 4 is 11.0 Å². The van der Waals surface area contributed by atoms with Crippen molar-refractivity contribution in [3.8, 4) is 11.5 Å². The van der Waals surface area contributed by atoms with Gasteiger partial charge in [0.15, 0.2) is 0 Å². The minimum absolute atomic E-state index is 0.360. The highest BCUT2D eigenvalue weighted by Crippen LogP contribution is 2.30. The van der Waals surface area contributed by atoms with Gasteiger partial charge in [0.05, 0.1) is 5.39 Å². The van der Waals surface area contributed by atoms with Crippen LogP contribution in [0.25, 0.3) is 11.0 Å². The highest BCUT2D eigenvalue weighted by molar-refractivity contribution is 5.85. The Balaban J connectivity index is 2.50. The van der Waals surface area contributed by atoms with Gasteiger partial charge in [-0.2, -0.15) is 0 Å². The van der Waals surface area contributed by atoms with Crippen LogP contribution in [0.3, 0.4) is 0 Å². The second-order valence-corrected chi connectivity index (χ2v) is 3.79. The highest BCUT2D eigenvalue weighted by Gasteiger charge is 2.08. The molecule has 0 saturated carbocycles. The molecule has 0 amide bonds. The lowest BCUT2D eigenvalue weighted by Gasteiger charge is -2.10. The van der Waals surface area contributed by atoms with Gasteiger partial charge in [-0.05, 0) is 6.07 Å². The van der Waals surface area contributed by atoms with E-state index in [0.29, 0.717) is 35.7 Å². The minimum Gasteiger partial charge on any atom is -0.489 e. The summed E-state index contributed by atoms with van der Waals surface area (Å²) >= 11 is 0. The molecular formula is C15H14O4. The smallest absolute Gasteiger partial charge is 0.336 e. The Hall–Kier alpha value is -2.49. The first-order valence-corrected chi connectivity index (χ1v) is 5.80. The van der Waals surface area contributed by atoms with Crippen molar-refractivity contribution < 1.29 is 13.9 Å². The Morgan fingerprint density at radius 3 is 2.58 bits per heavy atom. The van der Waals surface area contributed by atoms with E-state index >= 15 is 0 Å². The summed E-state index contributed by atoms with van der Waals surface area (Å²) in [6.07, 6.45) is 3.28. The molecule has 0 bridgehead atoms. The molecule has 0 fully saturated rings. The molecule has 2 rings (SSSR count). The van der Waals surface area contributed by atoms with E-state index in [4.69, 9.17) is 13.9 Å². The summed E-state index contributed by atoms with van der Waals surface area (Å²) in [6.45, 7) is 7.91. The summed E-state index contributed by atoms with van der Waals surface area (Å²) in [5.41, 5.74) is 0.0103. The minimum atomic E-state index is -0.414. The monoisotopic (exact) mass is 258 g/mol. The highest BCUT2D eigenvalue weighted by atomic mass is 16.5. The number of ether oxygens (including phenoxy) is 2. The van der Waals surface area contributed by atoms with Gasteiger partial charge in [-0.3, -0.25) is 0 Å². The Morgan fingerprint density at radius 2 is 1.84 bits per heavy atom. The van der Waals surface area contributed by atoms with Crippen LogP contribution in [0.2, 0.25) is 0 Å². The lowest BCUT2D eigenvalue weighted by molar-refractivity contribution is 0.347. The molecule has 0 N–H and O–H groups in total. The number of hydrogen-bond donors (Lipinski definition) is 0. The summed E-state index contributed by atoms with van der Waals surface area (Å²) < 4.78 is 16.1. The van der Waals surface area contributed by atoms with Crippen molar-refractivity contribution in [3.05, 3.63) is 60.0 Å². The molecule has 0 radical (unpaired) electrons. The van der Waals surface area contributed by atoms with E-state index in [1.165, 1.54) is 6.07 Å². The van der Waals surface area contributed by atoms with Crippen molar-refractivity contribution in [3.63, 3.8) is 0 Å². The van der Waals surface area contributed by atoms with Crippen LogP contribution in [0.15, 0.2) is 58.8 Å². The fourth-order valence-corrected chi connectivity index (χ4v) is 1.63. The second kappa shape index (κ2) is 5.91. The molecule has 0 aliphatic heterocycles. The van der Waals surface area contributed by atoms with Crippen molar-refractivity contribution in [1.29, 1.82) is 0 Å². The van der Waals surface area contributed by atoms with E-state index in [1.54, 1.807) is 30.4 Å². The Morgan fingerprint density at radius 1 is 1.11 bits per heavy atom. The molecule has 98 valence electrons. The van der Waals surface area contributed by atoms with Gasteiger partial charge in [-0.15, -0.1) is 0 Å². The first kappa shape index (κ1) is 13.0. The third kappa shape index (κ3) is 3.04. The van der Waals surface area contributed by atoms with E-state index in [0.717, 1.165) is 0 Å². The van der Waals surface area contributed by atoms with Crippen LogP contribution in [-0.2, 0) is 0 Å². The number of hydrogen-bond acceptors (Lipinski definition) is 4. The van der Waals surface area contributed by atoms with Gasteiger partial charge in [0.1, 0.15) is 30.3 Å². The van der Waals surface area contributed by atoms with E-state index in [9.17, 15) is 4.79 Å². The maximum Gasteiger partial charge on any atom is 0.336 e. The third-order valence-corrected chi connectivity index (χ3v) is 2.40. The molecule has 0 aliphatic rings. The van der Waals surface area contributed by atoms with E-state index in [-0.39, 0.29) is 0 Å². The maximum absolute atomic E-state index is 11.3. The molecule has 1 aromatic heterocycles. The summed E-state index contributed by atoms with van der Waals surface area (Å²) in [4.78, 5) is 11.3. The molecular weight excluding hydrogens is 244 g/mol. The van der Waals surface area contributed by atoms with Crippen LogP contribution >= 0.6 is 0 Å². The van der Waals surface area contributed by atoms with Crippen LogP contribution in [0.5, 0.6) is 11.5 Å². The molecule has 4 heteroatoms. The summed E-state index contributed by atoms with van der Waals surface area (Å²) in [5.74, 6) is 1.14. The number of fused-ring (bicyclic) bond motifs is 1. The maximum atomic E-state index is 11.3. The van der Waals surface area contributed by atoms with Crippen LogP contribution < -0.4 is 15.1 Å². The summed E-state index contributed by atoms with van der Waals surface area (Å²) in [6, 6.07) is 6.42. The molecule has 0 spiro atoms. The van der Waals surface area contributed by atoms with Gasteiger partial charge in [0, 0.05) is 18.2 Å². The second-order valence-electron chi connectivity index (χ2n) is 3.79. The third-order valence-electron chi connectivity index (χ3n) is 2.40. The zero-order valence-electron chi connectivity index (χ0n) is 10.4. The molecule has 0 saturated heterocycles. The normalized spacial score (nSPS) is 10.1. The summed E-state index contributed by atoms with van der Waals surface area (Å²) in [7, 11) is 0. The van der Waals surface area contributed by atoms with Gasteiger partial charge >= 0.3 is 5.63 Å². The Bertz CT molecular complexity index is 655. The van der Waals surface area contributed by atoms with E-state index < -0.39 is 5.63 Å². The largest absolute Gasteiger partial charge is 0.489 e. The van der Waals surface area contributed by atoms with E-state index in [2.05, 4.69) is 13.2 Å². The zero-order chi connectivity index (χ0) is 13.7. The predicted octanol–water partition coefficient (Wildman–Crippen LogP) is 2.92. The number of rotatable bonds is 6. The lowest BCUT2D eigenvalue weighted by Crippen LogP contribution is -2.00. The molecule has 0 aliphatic carbocycles. The average molecular weight is 258 g/mol. The Labute approximate surface area is 110 Å². The average Bonchev–Trinajstić information content (AvgIpc) is 2.42. The SMILES string of the molecule is C=CCOc1cc(OCC=C)c2ccc(=O)oc2c1. The van der Waals surface area contributed by atoms with Crippen LogP contribution in [0, 0.1) is 0 Å². The predicted molar refractivity (Wildman–Crippen MR) is 73.9 cm³/mol. The molecule has 2 aromatic rings. The molecule has 4 nitrogen and oxygen atoms in total. The molecule has 1 aromatic carbocycles. The van der Waals surface area contributed by atoms with Crippen molar-refractivity contribution in [2.45, 2.75) is 0 Å². The summed E-state index contributed by atoms with van der Waals surface area (Å²) in [5, 5.41) is 0.715. The molecule has 0 unspecified atom stereocenters. The number of benzene rings is 1. The van der Waals surface area contributed by atoms with Crippen LogP contribution in [-0.4, -0.2) is 13.2 Å². The fourth-order valence-electron chi connectivity index (χ4n) is 1.63. The van der Waals surface area contributed by atoms with Crippen molar-refractivity contribution in [1.82, 2.24) is 0 Å². The van der Waals surface area contributed by atoms with Gasteiger partial charge in [0.2, 0.25) is 0 Å². The van der Waals surface area contributed by atoms with E-state index in [1.807, 2.05) is 0 Å². The fraction of sp³-hybridized carbons (Fsp3) is 0.133. The van der Waals surface area contributed by atoms with Gasteiger partial charge in [0.25, 0.3) is 0 Å². The van der Waals surface area contributed by atoms with Gasteiger partial charge < -0.3 is 13.9 Å². The quantitative estimate of drug-likeness (QED) is 0.590. The van der Waals surface area contributed by atoms with Crippen molar-refractivity contribution in [2.24, 2.45) is 0 Å². The van der Waals surface area contributed by atoms with Gasteiger partial charge in [-0.25, -0.2) is 4.79 Å². The van der Waals surface area contributed by atoms with Crippen molar-refractivity contribution in [2.75, 3.05) is 13.2 Å². The zero-order valence-corrected chi connectivity index (χ0v) is 10.4. The standard InChI is InChI=1S/C15H14O4/c1-3-7-17-11-9-13(18-8-4-2)12-5-6-15(16)19-14(12)10-11/h3-6,9-10H,1-2,7-8H2. The first-order valence-electron chi connectivity index (χ1n) is 5.80. The topological polar surface area (TPSA) is 48.7 Å². The van der Waals surface area contributed by atoms with Crippen LogP contribution in [0.4, 0.5) is 0 Å². The lowest BCUT2D eigenvalue weighted by atomic mass is 10.2. The molecule has 1 heterocycles.